The minimum atomic E-state index is 0.0164. The van der Waals surface area contributed by atoms with Gasteiger partial charge in [0, 0.05) is 18.0 Å². The number of hydrogen-bond acceptors (Lipinski definition) is 2. The predicted molar refractivity (Wildman–Crippen MR) is 51.8 cm³/mol. The maximum atomic E-state index is 11.6. The Hall–Kier alpha value is -1.15. The normalized spacial score (nSPS) is 21.4. The van der Waals surface area contributed by atoms with Crippen molar-refractivity contribution in [3.8, 4) is 0 Å². The molecule has 0 heterocycles. The number of Topliss-reactive ketones (excluding diaryl/α,β-unsaturated/α-hetero) is 1. The van der Waals surface area contributed by atoms with E-state index in [2.05, 4.69) is 0 Å². The van der Waals surface area contributed by atoms with E-state index < -0.39 is 0 Å². The molecule has 2 N–H and O–H groups in total. The maximum Gasteiger partial charge on any atom is 0.164 e. The van der Waals surface area contributed by atoms with Crippen molar-refractivity contribution < 1.29 is 4.79 Å². The van der Waals surface area contributed by atoms with Crippen LogP contribution < -0.4 is 5.73 Å². The minimum absolute atomic E-state index is 0.0164. The fraction of sp³-hybridized carbons (Fsp3) is 0.364. The zero-order chi connectivity index (χ0) is 9.42. The fourth-order valence-electron chi connectivity index (χ4n) is 1.83. The van der Waals surface area contributed by atoms with Crippen LogP contribution in [-0.2, 0) is 6.42 Å². The van der Waals surface area contributed by atoms with Crippen molar-refractivity contribution in [1.82, 2.24) is 0 Å². The van der Waals surface area contributed by atoms with E-state index in [1.54, 1.807) is 0 Å². The van der Waals surface area contributed by atoms with Crippen LogP contribution >= 0.6 is 0 Å². The number of benzene rings is 1. The summed E-state index contributed by atoms with van der Waals surface area (Å²) in [5.74, 6) is 0.192. The van der Waals surface area contributed by atoms with Crippen LogP contribution in [0.5, 0.6) is 0 Å². The second-order valence-corrected chi connectivity index (χ2v) is 3.75. The summed E-state index contributed by atoms with van der Waals surface area (Å²) < 4.78 is 0. The van der Waals surface area contributed by atoms with Gasteiger partial charge in [-0.3, -0.25) is 4.79 Å². The molecule has 1 unspecified atom stereocenters. The molecule has 68 valence electrons. The lowest BCUT2D eigenvalue weighted by molar-refractivity contribution is 0.0965. The first-order valence-corrected chi connectivity index (χ1v) is 4.55. The van der Waals surface area contributed by atoms with Crippen molar-refractivity contribution in [1.29, 1.82) is 0 Å². The maximum absolute atomic E-state index is 11.6. The molecule has 0 saturated heterocycles. The van der Waals surface area contributed by atoms with Gasteiger partial charge < -0.3 is 5.73 Å². The van der Waals surface area contributed by atoms with Crippen molar-refractivity contribution in [3.05, 3.63) is 34.9 Å². The van der Waals surface area contributed by atoms with Crippen molar-refractivity contribution in [2.24, 2.45) is 5.73 Å². The Bertz CT molecular complexity index is 357. The third-order valence-corrected chi connectivity index (χ3v) is 2.50. The molecule has 0 radical (unpaired) electrons. The van der Waals surface area contributed by atoms with Gasteiger partial charge in [0.2, 0.25) is 0 Å². The zero-order valence-corrected chi connectivity index (χ0v) is 7.71. The number of ketones is 1. The van der Waals surface area contributed by atoms with Gasteiger partial charge >= 0.3 is 0 Å². The summed E-state index contributed by atoms with van der Waals surface area (Å²) in [5, 5.41) is 0. The summed E-state index contributed by atoms with van der Waals surface area (Å²) in [4.78, 5) is 11.6. The Morgan fingerprint density at radius 2 is 2.15 bits per heavy atom. The van der Waals surface area contributed by atoms with Gasteiger partial charge in [-0.2, -0.15) is 0 Å². The summed E-state index contributed by atoms with van der Waals surface area (Å²) in [7, 11) is 0. The summed E-state index contributed by atoms with van der Waals surface area (Å²) in [6, 6.07) is 6.03. The lowest BCUT2D eigenvalue weighted by atomic mass is 9.87. The number of rotatable bonds is 0. The van der Waals surface area contributed by atoms with Gasteiger partial charge in [0.1, 0.15) is 0 Å². The first-order valence-electron chi connectivity index (χ1n) is 4.55. The quantitative estimate of drug-likeness (QED) is 0.648. The van der Waals surface area contributed by atoms with Crippen LogP contribution in [0.3, 0.4) is 0 Å². The van der Waals surface area contributed by atoms with Gasteiger partial charge in [0.25, 0.3) is 0 Å². The van der Waals surface area contributed by atoms with E-state index in [-0.39, 0.29) is 11.8 Å². The molecule has 0 bridgehead atoms. The Morgan fingerprint density at radius 3 is 2.92 bits per heavy atom. The van der Waals surface area contributed by atoms with Crippen LogP contribution in [0.15, 0.2) is 18.2 Å². The van der Waals surface area contributed by atoms with E-state index in [1.807, 2.05) is 25.1 Å². The minimum Gasteiger partial charge on any atom is -0.327 e. The average molecular weight is 175 g/mol. The smallest absolute Gasteiger partial charge is 0.164 e. The Labute approximate surface area is 77.8 Å². The third-order valence-electron chi connectivity index (χ3n) is 2.50. The molecule has 1 aliphatic rings. The highest BCUT2D eigenvalue weighted by Crippen LogP contribution is 2.21. The van der Waals surface area contributed by atoms with Gasteiger partial charge in [-0.15, -0.1) is 0 Å². The number of nitrogens with two attached hydrogens (primary N) is 1. The highest BCUT2D eigenvalue weighted by molar-refractivity contribution is 5.99. The van der Waals surface area contributed by atoms with E-state index in [0.717, 1.165) is 23.1 Å². The van der Waals surface area contributed by atoms with Gasteiger partial charge in [-0.1, -0.05) is 17.7 Å². The third kappa shape index (κ3) is 1.49. The molecule has 0 aliphatic heterocycles. The van der Waals surface area contributed by atoms with Crippen molar-refractivity contribution >= 4 is 5.78 Å². The molecule has 1 aromatic rings. The number of carbonyl (C=O) groups is 1. The molecular formula is C11H13NO. The van der Waals surface area contributed by atoms with Crippen LogP contribution in [0, 0.1) is 6.92 Å². The van der Waals surface area contributed by atoms with Gasteiger partial charge in [0.15, 0.2) is 5.78 Å². The molecule has 1 atom stereocenters. The van der Waals surface area contributed by atoms with Crippen LogP contribution in [0.4, 0.5) is 0 Å². The summed E-state index contributed by atoms with van der Waals surface area (Å²) in [6.07, 6.45) is 1.33. The lowest BCUT2D eigenvalue weighted by Gasteiger charge is -2.20. The molecular weight excluding hydrogens is 162 g/mol. The molecule has 0 fully saturated rings. The van der Waals surface area contributed by atoms with E-state index in [9.17, 15) is 4.79 Å². The van der Waals surface area contributed by atoms with Crippen LogP contribution in [-0.4, -0.2) is 11.8 Å². The Kier molecular flexibility index (Phi) is 1.93. The van der Waals surface area contributed by atoms with Crippen molar-refractivity contribution in [2.45, 2.75) is 25.8 Å². The topological polar surface area (TPSA) is 43.1 Å². The van der Waals surface area contributed by atoms with Crippen LogP contribution in [0.1, 0.15) is 27.9 Å². The van der Waals surface area contributed by atoms with E-state index in [1.165, 1.54) is 0 Å². The molecule has 0 aromatic heterocycles. The van der Waals surface area contributed by atoms with Crippen LogP contribution in [0.25, 0.3) is 0 Å². The molecule has 2 nitrogen and oxygen atoms in total. The number of aryl methyl sites for hydroxylation is 1. The van der Waals surface area contributed by atoms with Gasteiger partial charge in [-0.25, -0.2) is 0 Å². The zero-order valence-electron chi connectivity index (χ0n) is 7.71. The SMILES string of the molecule is Cc1ccc2c(c1)C(=O)CC(N)C2. The second-order valence-electron chi connectivity index (χ2n) is 3.75. The number of carbonyl (C=O) groups excluding carboxylic acids is 1. The largest absolute Gasteiger partial charge is 0.327 e. The van der Waals surface area contributed by atoms with E-state index >= 15 is 0 Å². The van der Waals surface area contributed by atoms with E-state index in [4.69, 9.17) is 5.73 Å². The van der Waals surface area contributed by atoms with Crippen molar-refractivity contribution in [3.63, 3.8) is 0 Å². The highest BCUT2D eigenvalue weighted by Gasteiger charge is 2.21. The first-order chi connectivity index (χ1) is 6.16. The predicted octanol–water partition coefficient (Wildman–Crippen LogP) is 1.45. The number of hydrogen-bond donors (Lipinski definition) is 1. The monoisotopic (exact) mass is 175 g/mol. The molecule has 1 aromatic carbocycles. The molecule has 13 heavy (non-hydrogen) atoms. The molecule has 1 aliphatic carbocycles. The first kappa shape index (κ1) is 8.45. The summed E-state index contributed by atoms with van der Waals surface area (Å²) in [6.45, 7) is 2.00. The number of fused-ring (bicyclic) bond motifs is 1. The average Bonchev–Trinajstić information content (AvgIpc) is 2.06. The summed E-state index contributed by atoms with van der Waals surface area (Å²) >= 11 is 0. The molecule has 0 amide bonds. The highest BCUT2D eigenvalue weighted by atomic mass is 16.1. The molecule has 0 spiro atoms. The molecule has 2 heteroatoms. The van der Waals surface area contributed by atoms with Crippen molar-refractivity contribution in [2.75, 3.05) is 0 Å². The summed E-state index contributed by atoms with van der Waals surface area (Å²) in [5.41, 5.74) is 8.88. The van der Waals surface area contributed by atoms with Gasteiger partial charge in [0.05, 0.1) is 0 Å². The lowest BCUT2D eigenvalue weighted by Crippen LogP contribution is -2.31. The van der Waals surface area contributed by atoms with E-state index in [0.29, 0.717) is 6.42 Å². The van der Waals surface area contributed by atoms with Gasteiger partial charge in [-0.05, 0) is 25.0 Å². The molecule has 0 saturated carbocycles. The Balaban J connectivity index is 2.49. The second kappa shape index (κ2) is 2.96. The van der Waals surface area contributed by atoms with Crippen LogP contribution in [0.2, 0.25) is 0 Å². The molecule has 2 rings (SSSR count). The Morgan fingerprint density at radius 1 is 1.38 bits per heavy atom. The fourth-order valence-corrected chi connectivity index (χ4v) is 1.83. The standard InChI is InChI=1S/C11H13NO/c1-7-2-3-8-5-9(12)6-11(13)10(8)4-7/h2-4,9H,5-6,12H2,1H3.